The van der Waals surface area contributed by atoms with Crippen LogP contribution in [0, 0.1) is 5.82 Å². The number of pyridine rings is 1. The Balaban J connectivity index is 0.000000261. The van der Waals surface area contributed by atoms with E-state index in [9.17, 15) is 4.39 Å². The van der Waals surface area contributed by atoms with Gasteiger partial charge in [-0.3, -0.25) is 0 Å². The van der Waals surface area contributed by atoms with Gasteiger partial charge in [-0.25, -0.2) is 9.37 Å². The van der Waals surface area contributed by atoms with E-state index in [0.29, 0.717) is 11.6 Å². The molecule has 0 radical (unpaired) electrons. The zero-order valence-corrected chi connectivity index (χ0v) is 7.17. The molecule has 1 rings (SSSR count). The highest BCUT2D eigenvalue weighted by atomic mass is 32.1. The van der Waals surface area contributed by atoms with Gasteiger partial charge in [0.05, 0.1) is 6.20 Å². The number of hydrogen-bond donors (Lipinski definition) is 2. The number of thiol groups is 1. The van der Waals surface area contributed by atoms with E-state index in [0.717, 1.165) is 12.5 Å². The van der Waals surface area contributed by atoms with Crippen LogP contribution >= 0.6 is 12.6 Å². The Kier molecular flexibility index (Phi) is 6.00. The molecule has 1 aromatic heterocycles. The molecule has 0 amide bonds. The Morgan fingerprint density at radius 1 is 1.67 bits per heavy atom. The number of aldehydes is 1. The minimum absolute atomic E-state index is 0.333. The van der Waals surface area contributed by atoms with Gasteiger partial charge in [0.1, 0.15) is 17.9 Å². The predicted molar refractivity (Wildman–Crippen MR) is 48.5 cm³/mol. The molecule has 0 aliphatic carbocycles. The van der Waals surface area contributed by atoms with Crippen molar-refractivity contribution in [2.45, 2.75) is 0 Å². The molecule has 0 unspecified atom stereocenters. The van der Waals surface area contributed by atoms with Crippen molar-refractivity contribution in [2.75, 3.05) is 11.5 Å². The highest BCUT2D eigenvalue weighted by molar-refractivity contribution is 7.80. The molecule has 0 spiro atoms. The molecule has 0 saturated heterocycles. The van der Waals surface area contributed by atoms with Crippen LogP contribution in [-0.4, -0.2) is 17.0 Å². The molecule has 0 atom stereocenters. The monoisotopic (exact) mass is 188 g/mol. The summed E-state index contributed by atoms with van der Waals surface area (Å²) in [5, 5.41) is 0. The van der Waals surface area contributed by atoms with Crippen molar-refractivity contribution >= 4 is 24.7 Å². The van der Waals surface area contributed by atoms with Crippen LogP contribution in [-0.2, 0) is 4.79 Å². The van der Waals surface area contributed by atoms with Crippen LogP contribution in [0.15, 0.2) is 18.3 Å². The van der Waals surface area contributed by atoms with Gasteiger partial charge >= 0.3 is 0 Å². The van der Waals surface area contributed by atoms with Gasteiger partial charge in [-0.1, -0.05) is 0 Å². The average molecular weight is 188 g/mol. The molecule has 5 heteroatoms. The molecule has 0 saturated carbocycles. The Morgan fingerprint density at radius 2 is 2.25 bits per heavy atom. The number of nitrogens with two attached hydrogens (primary N) is 1. The molecule has 0 aromatic carbocycles. The summed E-state index contributed by atoms with van der Waals surface area (Å²) >= 11 is 3.55. The van der Waals surface area contributed by atoms with Crippen molar-refractivity contribution < 1.29 is 9.18 Å². The van der Waals surface area contributed by atoms with Crippen molar-refractivity contribution in [1.29, 1.82) is 0 Å². The van der Waals surface area contributed by atoms with Gasteiger partial charge in [0.25, 0.3) is 0 Å². The second-order valence-electron chi connectivity index (χ2n) is 1.75. The standard InChI is InChI=1S/C5H5FN2.C2H4OS/c6-4-1-2-5(7)8-3-4;3-1-2-4/h1-3H,(H2,7,8);1,4H,2H2. The maximum atomic E-state index is 12.0. The van der Waals surface area contributed by atoms with Crippen molar-refractivity contribution in [2.24, 2.45) is 0 Å². The highest BCUT2D eigenvalue weighted by Crippen LogP contribution is 1.96. The average Bonchev–Trinajstić information content (AvgIpc) is 2.11. The van der Waals surface area contributed by atoms with E-state index in [2.05, 4.69) is 17.6 Å². The number of nitrogens with zero attached hydrogens (tertiary/aromatic N) is 1. The van der Waals surface area contributed by atoms with Crippen molar-refractivity contribution in [3.63, 3.8) is 0 Å². The quantitative estimate of drug-likeness (QED) is 0.509. The van der Waals surface area contributed by atoms with Crippen LogP contribution in [0.25, 0.3) is 0 Å². The number of halogens is 1. The molecule has 0 fully saturated rings. The van der Waals surface area contributed by atoms with Crippen LogP contribution in [0.4, 0.5) is 10.2 Å². The van der Waals surface area contributed by atoms with E-state index in [1.165, 1.54) is 12.1 Å². The summed E-state index contributed by atoms with van der Waals surface area (Å²) in [4.78, 5) is 12.6. The Bertz CT molecular complexity index is 206. The number of rotatable bonds is 1. The van der Waals surface area contributed by atoms with Crippen LogP contribution in [0.1, 0.15) is 0 Å². The molecule has 0 aliphatic heterocycles. The fourth-order valence-corrected chi connectivity index (χ4v) is 0.387. The first-order valence-electron chi connectivity index (χ1n) is 3.12. The van der Waals surface area contributed by atoms with Crippen LogP contribution in [0.5, 0.6) is 0 Å². The molecule has 3 nitrogen and oxygen atoms in total. The van der Waals surface area contributed by atoms with E-state index < -0.39 is 0 Å². The molecule has 0 aliphatic rings. The zero-order chi connectivity index (χ0) is 9.40. The van der Waals surface area contributed by atoms with Crippen LogP contribution in [0.2, 0.25) is 0 Å². The van der Waals surface area contributed by atoms with Gasteiger partial charge in [0, 0.05) is 5.75 Å². The molecule has 66 valence electrons. The van der Waals surface area contributed by atoms with E-state index in [1.807, 2.05) is 0 Å². The third-order valence-electron chi connectivity index (χ3n) is 0.825. The number of hydrogen-bond acceptors (Lipinski definition) is 4. The van der Waals surface area contributed by atoms with Crippen molar-refractivity contribution in [3.8, 4) is 0 Å². The predicted octanol–water partition coefficient (Wildman–Crippen LogP) is 0.918. The molecular formula is C7H9FN2OS. The summed E-state index contributed by atoms with van der Waals surface area (Å²) in [6, 6.07) is 2.68. The van der Waals surface area contributed by atoms with Crippen LogP contribution < -0.4 is 5.73 Å². The fraction of sp³-hybridized carbons (Fsp3) is 0.143. The largest absolute Gasteiger partial charge is 0.384 e. The second-order valence-corrected chi connectivity index (χ2v) is 2.12. The first kappa shape index (κ1) is 10.9. The first-order valence-corrected chi connectivity index (χ1v) is 3.75. The number of carbonyl (C=O) groups excluding carboxylic acids is 1. The second kappa shape index (κ2) is 6.60. The van der Waals surface area contributed by atoms with Gasteiger partial charge in [0.2, 0.25) is 0 Å². The number of aromatic nitrogens is 1. The van der Waals surface area contributed by atoms with E-state index in [4.69, 9.17) is 10.5 Å². The lowest BCUT2D eigenvalue weighted by Crippen LogP contribution is -1.87. The van der Waals surface area contributed by atoms with Crippen molar-refractivity contribution in [1.82, 2.24) is 4.98 Å². The smallest absolute Gasteiger partial charge is 0.141 e. The molecule has 2 N–H and O–H groups in total. The van der Waals surface area contributed by atoms with E-state index >= 15 is 0 Å². The fourth-order valence-electron chi connectivity index (χ4n) is 0.387. The Labute approximate surface area is 75.2 Å². The third-order valence-corrected chi connectivity index (χ3v) is 0.974. The molecule has 0 bridgehead atoms. The minimum Gasteiger partial charge on any atom is -0.384 e. The lowest BCUT2D eigenvalue weighted by Gasteiger charge is -1.86. The number of carbonyl (C=O) groups is 1. The van der Waals surface area contributed by atoms with Crippen LogP contribution in [0.3, 0.4) is 0 Å². The number of nitrogen functional groups attached to an aromatic ring is 1. The molecular weight excluding hydrogens is 179 g/mol. The Morgan fingerprint density at radius 3 is 2.50 bits per heavy atom. The normalized spacial score (nSPS) is 8.17. The van der Waals surface area contributed by atoms with E-state index in [1.54, 1.807) is 0 Å². The summed E-state index contributed by atoms with van der Waals surface area (Å²) in [6.45, 7) is 0. The summed E-state index contributed by atoms with van der Waals surface area (Å²) in [5.74, 6) is 0.311. The first-order chi connectivity index (χ1) is 5.70. The molecule has 1 heterocycles. The number of anilines is 1. The highest BCUT2D eigenvalue weighted by Gasteiger charge is 1.85. The van der Waals surface area contributed by atoms with Crippen molar-refractivity contribution in [3.05, 3.63) is 24.1 Å². The van der Waals surface area contributed by atoms with E-state index in [-0.39, 0.29) is 5.82 Å². The van der Waals surface area contributed by atoms with Gasteiger partial charge in [-0.05, 0) is 12.1 Å². The summed E-state index contributed by atoms with van der Waals surface area (Å²) in [7, 11) is 0. The molecule has 12 heavy (non-hydrogen) atoms. The topological polar surface area (TPSA) is 56.0 Å². The zero-order valence-electron chi connectivity index (χ0n) is 6.27. The third kappa shape index (κ3) is 5.67. The van der Waals surface area contributed by atoms with Gasteiger partial charge in [0.15, 0.2) is 0 Å². The lowest BCUT2D eigenvalue weighted by atomic mass is 10.5. The van der Waals surface area contributed by atoms with Gasteiger partial charge in [-0.15, -0.1) is 0 Å². The Hall–Kier alpha value is -1.10. The minimum atomic E-state index is -0.362. The summed E-state index contributed by atoms with van der Waals surface area (Å²) in [6.07, 6.45) is 1.82. The lowest BCUT2D eigenvalue weighted by molar-refractivity contribution is -0.105. The summed E-state index contributed by atoms with van der Waals surface area (Å²) in [5.41, 5.74) is 5.15. The SMILES string of the molecule is Nc1ccc(F)cn1.O=CCS. The maximum absolute atomic E-state index is 12.0. The maximum Gasteiger partial charge on any atom is 0.141 e. The van der Waals surface area contributed by atoms with Gasteiger partial charge < -0.3 is 10.5 Å². The molecule has 1 aromatic rings. The van der Waals surface area contributed by atoms with Gasteiger partial charge in [-0.2, -0.15) is 12.6 Å². The summed E-state index contributed by atoms with van der Waals surface area (Å²) < 4.78 is 12.0.